The van der Waals surface area contributed by atoms with E-state index in [1.165, 1.54) is 109 Å². The minimum absolute atomic E-state index is 0.0101. The minimum Gasteiger partial charge on any atom is -0.458 e. The number of nitrogens with zero attached hydrogens (tertiary/aromatic N) is 4. The summed E-state index contributed by atoms with van der Waals surface area (Å²) >= 11 is 1.86. The van der Waals surface area contributed by atoms with Gasteiger partial charge < -0.3 is 24.3 Å². The molecule has 1 aromatic heterocycles. The van der Waals surface area contributed by atoms with Crippen molar-refractivity contribution < 1.29 is 4.74 Å². The topological polar surface area (TPSA) is 22.2 Å². The first-order chi connectivity index (χ1) is 40.2. The third kappa shape index (κ3) is 5.92. The molecule has 372 valence electrons. The maximum Gasteiger partial charge on any atom is 0.256 e. The summed E-state index contributed by atoms with van der Waals surface area (Å²) in [6.45, 7) is -0.211. The molecule has 9 heteroatoms. The van der Waals surface area contributed by atoms with Crippen molar-refractivity contribution in [1.29, 1.82) is 0 Å². The van der Waals surface area contributed by atoms with E-state index in [0.717, 1.165) is 51.1 Å². The van der Waals surface area contributed by atoms with Gasteiger partial charge in [-0.2, -0.15) is 0 Å². The molecule has 0 fully saturated rings. The van der Waals surface area contributed by atoms with E-state index in [1.807, 2.05) is 11.3 Å². The Morgan fingerprint density at radius 1 is 0.272 bits per heavy atom. The van der Waals surface area contributed by atoms with Crippen molar-refractivity contribution in [2.75, 3.05) is 19.6 Å². The van der Waals surface area contributed by atoms with Crippen LogP contribution in [0.4, 0.5) is 68.2 Å². The molecule has 12 aromatic carbocycles. The van der Waals surface area contributed by atoms with E-state index < -0.39 is 0 Å². The summed E-state index contributed by atoms with van der Waals surface area (Å²) in [6.07, 6.45) is 0. The monoisotopic (exact) mass is 1040 g/mol. The Morgan fingerprint density at radius 2 is 0.728 bits per heavy atom. The summed E-state index contributed by atoms with van der Waals surface area (Å²) in [6, 6.07) is 97.4. The van der Waals surface area contributed by atoms with E-state index in [4.69, 9.17) is 4.74 Å². The molecule has 0 saturated carbocycles. The average Bonchev–Trinajstić information content (AvgIpc) is 3.88. The Bertz CT molecular complexity index is 4870. The third-order valence-corrected chi connectivity index (χ3v) is 19.4. The largest absolute Gasteiger partial charge is 0.458 e. The van der Waals surface area contributed by atoms with Gasteiger partial charge >= 0.3 is 0 Å². The maximum atomic E-state index is 7.66. The first-order valence-electron chi connectivity index (χ1n) is 28.1. The molecule has 0 atom stereocenters. The van der Waals surface area contributed by atoms with Crippen LogP contribution in [-0.2, 0) is 0 Å². The molecule has 6 aliphatic rings. The van der Waals surface area contributed by atoms with E-state index in [1.54, 1.807) is 0 Å². The zero-order valence-electron chi connectivity index (χ0n) is 43.7. The van der Waals surface area contributed by atoms with Crippen LogP contribution in [0.5, 0.6) is 11.5 Å². The molecule has 0 spiro atoms. The van der Waals surface area contributed by atoms with Crippen molar-refractivity contribution in [3.05, 3.63) is 261 Å². The summed E-state index contributed by atoms with van der Waals surface area (Å²) in [7, 11) is 0. The Kier molecular flexibility index (Phi) is 8.86. The van der Waals surface area contributed by atoms with Gasteiger partial charge in [-0.05, 0) is 157 Å². The molecule has 0 N–H and O–H groups in total. The predicted octanol–water partition coefficient (Wildman–Crippen LogP) is 12.8. The first-order valence-corrected chi connectivity index (χ1v) is 28.9. The molecule has 19 rings (SSSR count). The standard InChI is InChI=1S/C72H43B3N4OS/c1-4-20-46(21-5-1)76-58-32-16-12-28-52(58)75-56-41-55-61(43-65(56)80-66-40-45(39-62(76)69(66)75)44-36-37-68-50(38-44)49-26-10-19-35-67(49)81-68)78(48-24-8-3-9-25-48)64-42-63-70-72-71(64)74(55)54-30-14-18-34-60(54)79(72)59-33-17-13-29-53(59)73(70)51-27-11-15-31-57(51)77(63)47-22-6-2-7-23-47/h1-43H. The second kappa shape index (κ2) is 16.3. The summed E-state index contributed by atoms with van der Waals surface area (Å²) in [5.41, 5.74) is 27.8. The highest BCUT2D eigenvalue weighted by molar-refractivity contribution is 7.25. The molecular weight excluding hydrogens is 1000 g/mol. The van der Waals surface area contributed by atoms with Crippen LogP contribution in [-0.4, -0.2) is 20.1 Å². The Hall–Kier alpha value is -9.95. The summed E-state index contributed by atoms with van der Waals surface area (Å²) < 4.78 is 10.3. The van der Waals surface area contributed by atoms with E-state index in [0.29, 0.717) is 0 Å². The third-order valence-electron chi connectivity index (χ3n) is 18.2. The van der Waals surface area contributed by atoms with Crippen LogP contribution in [0.2, 0.25) is 0 Å². The SMILES string of the molecule is c1ccc(N2c3ccccc3B3c4cc5c(cc4Oc4cc(-c6ccc7sc8ccccc8c7c6)cc2c43)N(c2ccccc2)c2cc3c4c6c2B5c2ccccc2N6c2ccccc2B4c2ccccc2N3c2ccccc2)cc1. The smallest absolute Gasteiger partial charge is 0.256 e. The Labute approximate surface area is 474 Å². The lowest BCUT2D eigenvalue weighted by Crippen LogP contribution is -2.69. The van der Waals surface area contributed by atoms with Gasteiger partial charge in [0.25, 0.3) is 20.1 Å². The van der Waals surface area contributed by atoms with Gasteiger partial charge in [-0.3, -0.25) is 0 Å². The van der Waals surface area contributed by atoms with E-state index in [9.17, 15) is 0 Å². The summed E-state index contributed by atoms with van der Waals surface area (Å²) in [5, 5.41) is 2.57. The average molecular weight is 1040 g/mol. The number of fused-ring (bicyclic) bond motifs is 17. The van der Waals surface area contributed by atoms with Crippen LogP contribution in [0, 0.1) is 0 Å². The molecule has 0 radical (unpaired) electrons. The fourth-order valence-electron chi connectivity index (χ4n) is 15.1. The highest BCUT2D eigenvalue weighted by Crippen LogP contribution is 2.51. The molecule has 5 nitrogen and oxygen atoms in total. The number of thiophene rings is 1. The van der Waals surface area contributed by atoms with Gasteiger partial charge in [0.2, 0.25) is 0 Å². The molecule has 0 unspecified atom stereocenters. The molecule has 13 aromatic rings. The molecule has 0 amide bonds. The maximum absolute atomic E-state index is 7.66. The lowest BCUT2D eigenvalue weighted by molar-refractivity contribution is 0.488. The van der Waals surface area contributed by atoms with Crippen LogP contribution in [0.25, 0.3) is 31.3 Å². The van der Waals surface area contributed by atoms with Gasteiger partial charge in [0.15, 0.2) is 0 Å². The van der Waals surface area contributed by atoms with Gasteiger partial charge in [0.05, 0.1) is 0 Å². The highest BCUT2D eigenvalue weighted by atomic mass is 32.1. The number of hydrogen-bond acceptors (Lipinski definition) is 6. The number of para-hydroxylation sites is 7. The number of anilines is 12. The summed E-state index contributed by atoms with van der Waals surface area (Å²) in [5.74, 6) is 1.76. The predicted molar refractivity (Wildman–Crippen MR) is 344 cm³/mol. The lowest BCUT2D eigenvalue weighted by Gasteiger charge is -2.51. The van der Waals surface area contributed by atoms with Gasteiger partial charge in [-0.15, -0.1) is 11.3 Å². The van der Waals surface area contributed by atoms with E-state index >= 15 is 0 Å². The van der Waals surface area contributed by atoms with Crippen molar-refractivity contribution in [1.82, 2.24) is 0 Å². The zero-order chi connectivity index (χ0) is 52.6. The van der Waals surface area contributed by atoms with Crippen molar-refractivity contribution >= 4 is 169 Å². The van der Waals surface area contributed by atoms with Crippen LogP contribution < -0.4 is 73.5 Å². The first kappa shape index (κ1) is 44.0. The quantitative estimate of drug-likeness (QED) is 0.163. The van der Waals surface area contributed by atoms with Crippen LogP contribution in [0.15, 0.2) is 261 Å². The molecule has 81 heavy (non-hydrogen) atoms. The molecule has 6 aliphatic heterocycles. The van der Waals surface area contributed by atoms with Crippen molar-refractivity contribution in [2.24, 2.45) is 0 Å². The molecular formula is C72H43B3N4OS. The number of ether oxygens (including phenoxy) is 1. The highest BCUT2D eigenvalue weighted by Gasteiger charge is 2.53. The van der Waals surface area contributed by atoms with Gasteiger partial charge in [0, 0.05) is 94.5 Å². The molecule has 0 bridgehead atoms. The van der Waals surface area contributed by atoms with Gasteiger partial charge in [-0.1, -0.05) is 158 Å². The van der Waals surface area contributed by atoms with Crippen molar-refractivity contribution in [2.45, 2.75) is 0 Å². The second-order valence-corrected chi connectivity index (χ2v) is 23.3. The second-order valence-electron chi connectivity index (χ2n) is 22.2. The van der Waals surface area contributed by atoms with Crippen LogP contribution >= 0.6 is 11.3 Å². The molecule has 0 saturated heterocycles. The van der Waals surface area contributed by atoms with E-state index in [-0.39, 0.29) is 20.1 Å². The molecule has 0 aliphatic carbocycles. The van der Waals surface area contributed by atoms with Crippen molar-refractivity contribution in [3.8, 4) is 22.6 Å². The fraction of sp³-hybridized carbons (Fsp3) is 0. The van der Waals surface area contributed by atoms with Gasteiger partial charge in [-0.25, -0.2) is 0 Å². The molecule has 7 heterocycles. The van der Waals surface area contributed by atoms with Crippen LogP contribution in [0.1, 0.15) is 0 Å². The Morgan fingerprint density at radius 3 is 1.31 bits per heavy atom. The summed E-state index contributed by atoms with van der Waals surface area (Å²) in [4.78, 5) is 10.2. The van der Waals surface area contributed by atoms with Crippen LogP contribution in [0.3, 0.4) is 0 Å². The minimum atomic E-state index is -0.117. The van der Waals surface area contributed by atoms with Crippen molar-refractivity contribution in [3.63, 3.8) is 0 Å². The number of rotatable bonds is 4. The normalized spacial score (nSPS) is 14.1. The fourth-order valence-corrected chi connectivity index (χ4v) is 16.1. The number of hydrogen-bond donors (Lipinski definition) is 0. The Balaban J connectivity index is 0.899. The number of benzene rings is 12. The van der Waals surface area contributed by atoms with E-state index in [2.05, 4.69) is 280 Å². The lowest BCUT2D eigenvalue weighted by atomic mass is 9.28. The zero-order valence-corrected chi connectivity index (χ0v) is 44.5. The van der Waals surface area contributed by atoms with Gasteiger partial charge in [0.1, 0.15) is 11.5 Å².